The summed E-state index contributed by atoms with van der Waals surface area (Å²) in [6.45, 7) is 1.46. The van der Waals surface area contributed by atoms with Gasteiger partial charge < -0.3 is 29.1 Å². The second kappa shape index (κ2) is 10.9. The average molecular weight is 504 g/mol. The molecule has 10 heteroatoms. The topological polar surface area (TPSA) is 132 Å². The molecule has 0 radical (unpaired) electrons. The molecule has 2 N–H and O–H groups in total. The molecule has 0 fully saturated rings. The predicted molar refractivity (Wildman–Crippen MR) is 135 cm³/mol. The zero-order chi connectivity index (χ0) is 26.5. The van der Waals surface area contributed by atoms with Gasteiger partial charge in [-0.05, 0) is 49.4 Å². The molecule has 0 bridgehead atoms. The molecule has 2 aromatic carbocycles. The standard InChI is InChI=1S/C27H25N3O7/c1-15-24-20(17(14-31)13-28-15)12-21(25(32)30-22-10-9-19(34-2)11-23(22)35-3)26(37-24)29-18-7-5-16(6-8-18)27(33)36-4/h5-13,31H,14H2,1-4H3,(H,30,32). The van der Waals surface area contributed by atoms with Crippen molar-refractivity contribution in [1.29, 1.82) is 0 Å². The Hall–Kier alpha value is -4.70. The summed E-state index contributed by atoms with van der Waals surface area (Å²) in [5, 5.41) is 13.2. The van der Waals surface area contributed by atoms with E-state index < -0.39 is 11.9 Å². The fraction of sp³-hybridized carbons (Fsp3) is 0.185. The van der Waals surface area contributed by atoms with E-state index >= 15 is 0 Å². The van der Waals surface area contributed by atoms with E-state index in [2.05, 4.69) is 15.3 Å². The first kappa shape index (κ1) is 25.4. The molecular weight excluding hydrogens is 478 g/mol. The molecule has 0 atom stereocenters. The lowest BCUT2D eigenvalue weighted by Gasteiger charge is -2.13. The van der Waals surface area contributed by atoms with Gasteiger partial charge in [-0.25, -0.2) is 9.79 Å². The fourth-order valence-electron chi connectivity index (χ4n) is 3.66. The van der Waals surface area contributed by atoms with Crippen LogP contribution in [0.5, 0.6) is 11.5 Å². The minimum atomic E-state index is -0.516. The fourth-order valence-corrected chi connectivity index (χ4v) is 3.66. The van der Waals surface area contributed by atoms with Gasteiger partial charge in [0.05, 0.1) is 50.6 Å². The minimum absolute atomic E-state index is 0.0169. The number of hydrogen-bond acceptors (Lipinski definition) is 9. The molecule has 0 aliphatic heterocycles. The molecule has 0 aliphatic carbocycles. The summed E-state index contributed by atoms with van der Waals surface area (Å²) < 4.78 is 21.4. The van der Waals surface area contributed by atoms with Crippen molar-refractivity contribution in [1.82, 2.24) is 4.98 Å². The predicted octanol–water partition coefficient (Wildman–Crippen LogP) is 3.92. The van der Waals surface area contributed by atoms with Crippen molar-refractivity contribution in [2.75, 3.05) is 26.6 Å². The third-order valence-electron chi connectivity index (χ3n) is 5.64. The molecule has 10 nitrogen and oxygen atoms in total. The van der Waals surface area contributed by atoms with Crippen LogP contribution in [0.2, 0.25) is 0 Å². The van der Waals surface area contributed by atoms with Crippen molar-refractivity contribution in [3.05, 3.63) is 82.7 Å². The molecule has 0 saturated heterocycles. The smallest absolute Gasteiger partial charge is 0.337 e. The molecule has 0 unspecified atom stereocenters. The van der Waals surface area contributed by atoms with Gasteiger partial charge in [0.2, 0.25) is 5.55 Å². The first-order valence-electron chi connectivity index (χ1n) is 11.2. The maximum Gasteiger partial charge on any atom is 0.337 e. The van der Waals surface area contributed by atoms with Gasteiger partial charge in [0.15, 0.2) is 5.58 Å². The molecule has 37 heavy (non-hydrogen) atoms. The maximum atomic E-state index is 13.5. The van der Waals surface area contributed by atoms with E-state index in [1.54, 1.807) is 55.5 Å². The van der Waals surface area contributed by atoms with Gasteiger partial charge in [0, 0.05) is 23.2 Å². The number of nitrogens with one attached hydrogen (secondary N) is 1. The zero-order valence-corrected chi connectivity index (χ0v) is 20.7. The highest BCUT2D eigenvalue weighted by atomic mass is 16.5. The molecule has 4 rings (SSSR count). The minimum Gasteiger partial charge on any atom is -0.497 e. The Morgan fingerprint density at radius 3 is 2.46 bits per heavy atom. The van der Waals surface area contributed by atoms with Crippen LogP contribution in [0, 0.1) is 6.92 Å². The monoisotopic (exact) mass is 503 g/mol. The van der Waals surface area contributed by atoms with Crippen molar-refractivity contribution in [2.24, 2.45) is 4.99 Å². The summed E-state index contributed by atoms with van der Waals surface area (Å²) in [4.78, 5) is 34.1. The second-order valence-corrected chi connectivity index (χ2v) is 7.91. The molecule has 1 amide bonds. The Balaban J connectivity index is 1.87. The van der Waals surface area contributed by atoms with Crippen LogP contribution in [0.4, 0.5) is 11.4 Å². The SMILES string of the molecule is COC(=O)c1ccc(N=c2oc3c(C)ncc(CO)c3cc2C(=O)Nc2ccc(OC)cc2OC)cc1. The van der Waals surface area contributed by atoms with Crippen LogP contribution in [0.3, 0.4) is 0 Å². The number of anilines is 1. The highest BCUT2D eigenvalue weighted by molar-refractivity contribution is 6.06. The molecule has 0 aliphatic rings. The van der Waals surface area contributed by atoms with E-state index in [1.807, 2.05) is 0 Å². The zero-order valence-electron chi connectivity index (χ0n) is 20.7. The Morgan fingerprint density at radius 2 is 1.81 bits per heavy atom. The normalized spacial score (nSPS) is 11.3. The average Bonchev–Trinajstić information content (AvgIpc) is 2.93. The van der Waals surface area contributed by atoms with Gasteiger partial charge in [-0.3, -0.25) is 9.78 Å². The number of hydrogen-bond donors (Lipinski definition) is 2. The number of amides is 1. The van der Waals surface area contributed by atoms with E-state index in [0.717, 1.165) is 0 Å². The number of nitrogens with zero attached hydrogens (tertiary/aromatic N) is 2. The molecule has 0 saturated carbocycles. The van der Waals surface area contributed by atoms with E-state index in [-0.39, 0.29) is 17.7 Å². The third kappa shape index (κ3) is 5.29. The van der Waals surface area contributed by atoms with Crippen molar-refractivity contribution in [3.63, 3.8) is 0 Å². The van der Waals surface area contributed by atoms with Crippen LogP contribution in [-0.4, -0.2) is 43.3 Å². The van der Waals surface area contributed by atoms with Crippen molar-refractivity contribution in [2.45, 2.75) is 13.5 Å². The number of carbonyl (C=O) groups excluding carboxylic acids is 2. The molecule has 2 aromatic heterocycles. The third-order valence-corrected chi connectivity index (χ3v) is 5.64. The van der Waals surface area contributed by atoms with Crippen LogP contribution >= 0.6 is 0 Å². The number of aliphatic hydroxyl groups is 1. The Kier molecular flexibility index (Phi) is 7.49. The number of ether oxygens (including phenoxy) is 3. The van der Waals surface area contributed by atoms with E-state index in [4.69, 9.17) is 18.6 Å². The van der Waals surface area contributed by atoms with E-state index in [1.165, 1.54) is 27.5 Å². The Labute approximate surface area is 212 Å². The van der Waals surface area contributed by atoms with Gasteiger partial charge in [-0.1, -0.05) is 0 Å². The van der Waals surface area contributed by atoms with Gasteiger partial charge in [0.25, 0.3) is 5.91 Å². The highest BCUT2D eigenvalue weighted by Gasteiger charge is 2.18. The first-order chi connectivity index (χ1) is 17.9. The van der Waals surface area contributed by atoms with Gasteiger partial charge in [-0.15, -0.1) is 0 Å². The number of benzene rings is 2. The molecule has 190 valence electrons. The molecule has 4 aromatic rings. The Bertz CT molecular complexity index is 1540. The second-order valence-electron chi connectivity index (χ2n) is 7.91. The van der Waals surface area contributed by atoms with Gasteiger partial charge in [0.1, 0.15) is 17.1 Å². The Morgan fingerprint density at radius 1 is 1.05 bits per heavy atom. The number of fused-ring (bicyclic) bond motifs is 1. The number of aryl methyl sites for hydroxylation is 1. The van der Waals surface area contributed by atoms with Gasteiger partial charge >= 0.3 is 5.97 Å². The molecule has 2 heterocycles. The van der Waals surface area contributed by atoms with Crippen LogP contribution in [0.1, 0.15) is 32.0 Å². The van der Waals surface area contributed by atoms with Crippen LogP contribution < -0.4 is 20.3 Å². The number of rotatable bonds is 7. The lowest BCUT2D eigenvalue weighted by Crippen LogP contribution is -2.22. The van der Waals surface area contributed by atoms with Crippen LogP contribution in [0.25, 0.3) is 11.0 Å². The van der Waals surface area contributed by atoms with Crippen molar-refractivity contribution in [3.8, 4) is 11.5 Å². The van der Waals surface area contributed by atoms with E-state index in [0.29, 0.717) is 50.7 Å². The lowest BCUT2D eigenvalue weighted by atomic mass is 10.1. The number of aliphatic hydroxyl groups excluding tert-OH is 1. The summed E-state index contributed by atoms with van der Waals surface area (Å²) in [6.07, 6.45) is 1.53. The van der Waals surface area contributed by atoms with Crippen molar-refractivity contribution < 1.29 is 33.3 Å². The number of methoxy groups -OCH3 is 3. The number of aromatic nitrogens is 1. The summed E-state index contributed by atoms with van der Waals surface area (Å²) in [5.74, 6) is -0.0262. The number of esters is 1. The van der Waals surface area contributed by atoms with Crippen LogP contribution in [-0.2, 0) is 11.3 Å². The highest BCUT2D eigenvalue weighted by Crippen LogP contribution is 2.30. The summed E-state index contributed by atoms with van der Waals surface area (Å²) >= 11 is 0. The summed E-state index contributed by atoms with van der Waals surface area (Å²) in [6, 6.07) is 12.9. The first-order valence-corrected chi connectivity index (χ1v) is 11.2. The van der Waals surface area contributed by atoms with Crippen LogP contribution in [0.15, 0.2) is 64.1 Å². The largest absolute Gasteiger partial charge is 0.497 e. The molecular formula is C27H25N3O7. The quantitative estimate of drug-likeness (QED) is 0.363. The van der Waals surface area contributed by atoms with Crippen molar-refractivity contribution >= 4 is 34.2 Å². The maximum absolute atomic E-state index is 13.5. The lowest BCUT2D eigenvalue weighted by molar-refractivity contribution is 0.0600. The molecule has 0 spiro atoms. The summed E-state index contributed by atoms with van der Waals surface area (Å²) in [7, 11) is 4.32. The van der Waals surface area contributed by atoms with Gasteiger partial charge in [-0.2, -0.15) is 0 Å². The van der Waals surface area contributed by atoms with E-state index in [9.17, 15) is 14.7 Å². The summed E-state index contributed by atoms with van der Waals surface area (Å²) in [5.41, 5.74) is 2.78. The number of pyridine rings is 1. The number of carbonyl (C=O) groups is 2.